The molecule has 0 aliphatic rings. The van der Waals surface area contributed by atoms with E-state index in [0.717, 1.165) is 5.56 Å². The van der Waals surface area contributed by atoms with Crippen LogP contribution in [-0.2, 0) is 16.4 Å². The van der Waals surface area contributed by atoms with Crippen molar-refractivity contribution >= 4 is 20.8 Å². The number of methoxy groups -OCH3 is 2. The second-order valence-electron chi connectivity index (χ2n) is 5.78. The predicted molar refractivity (Wildman–Crippen MR) is 101 cm³/mol. The SMILES string of the molecule is CNS(=O)(=O)c1ccc(Cc2n[nH]c(=O)c3cc(OC)c(OC)cc23)cc1. The van der Waals surface area contributed by atoms with Crippen molar-refractivity contribution in [2.24, 2.45) is 0 Å². The van der Waals surface area contributed by atoms with E-state index in [4.69, 9.17) is 9.47 Å². The molecule has 0 aliphatic carbocycles. The number of aromatic nitrogens is 2. The van der Waals surface area contributed by atoms with Gasteiger partial charge in [0.2, 0.25) is 10.0 Å². The average molecular weight is 389 g/mol. The maximum atomic E-state index is 12.2. The first kappa shape index (κ1) is 18.9. The van der Waals surface area contributed by atoms with E-state index in [1.165, 1.54) is 33.4 Å². The molecule has 0 saturated carbocycles. The zero-order valence-corrected chi connectivity index (χ0v) is 15.9. The smallest absolute Gasteiger partial charge is 0.272 e. The van der Waals surface area contributed by atoms with Crippen LogP contribution in [-0.4, -0.2) is 39.9 Å². The van der Waals surface area contributed by atoms with Crippen LogP contribution in [0.2, 0.25) is 0 Å². The Labute approximate surface area is 156 Å². The number of rotatable bonds is 6. The van der Waals surface area contributed by atoms with E-state index in [1.54, 1.807) is 24.3 Å². The summed E-state index contributed by atoms with van der Waals surface area (Å²) in [7, 11) is 0.894. The minimum atomic E-state index is -3.49. The summed E-state index contributed by atoms with van der Waals surface area (Å²) in [4.78, 5) is 12.3. The number of sulfonamides is 1. The second-order valence-corrected chi connectivity index (χ2v) is 7.67. The maximum absolute atomic E-state index is 12.2. The van der Waals surface area contributed by atoms with Crippen LogP contribution in [0.15, 0.2) is 46.1 Å². The highest BCUT2D eigenvalue weighted by atomic mass is 32.2. The molecule has 8 nitrogen and oxygen atoms in total. The van der Waals surface area contributed by atoms with Crippen molar-refractivity contribution in [3.63, 3.8) is 0 Å². The van der Waals surface area contributed by atoms with E-state index in [0.29, 0.717) is 34.4 Å². The number of hydrogen-bond acceptors (Lipinski definition) is 6. The molecule has 0 bridgehead atoms. The fraction of sp³-hybridized carbons (Fsp3) is 0.222. The fourth-order valence-electron chi connectivity index (χ4n) is 2.78. The van der Waals surface area contributed by atoms with Crippen LogP contribution in [0.4, 0.5) is 0 Å². The molecule has 0 saturated heterocycles. The topological polar surface area (TPSA) is 110 Å². The number of benzene rings is 2. The number of nitrogens with zero attached hydrogens (tertiary/aromatic N) is 1. The van der Waals surface area contributed by atoms with Gasteiger partial charge in [-0.25, -0.2) is 18.2 Å². The van der Waals surface area contributed by atoms with E-state index >= 15 is 0 Å². The van der Waals surface area contributed by atoms with Crippen LogP contribution in [0.25, 0.3) is 10.8 Å². The zero-order chi connectivity index (χ0) is 19.6. The summed E-state index contributed by atoms with van der Waals surface area (Å²) in [5.74, 6) is 0.948. The molecule has 2 aromatic carbocycles. The van der Waals surface area contributed by atoms with Crippen molar-refractivity contribution in [1.29, 1.82) is 0 Å². The fourth-order valence-corrected chi connectivity index (χ4v) is 3.51. The number of aromatic amines is 1. The van der Waals surface area contributed by atoms with Crippen LogP contribution >= 0.6 is 0 Å². The monoisotopic (exact) mass is 389 g/mol. The first-order valence-corrected chi connectivity index (χ1v) is 9.53. The zero-order valence-electron chi connectivity index (χ0n) is 15.1. The lowest BCUT2D eigenvalue weighted by molar-refractivity contribution is 0.356. The normalized spacial score (nSPS) is 11.5. The number of ether oxygens (including phenoxy) is 2. The Hall–Kier alpha value is -2.91. The lowest BCUT2D eigenvalue weighted by Crippen LogP contribution is -2.18. The number of hydrogen-bond donors (Lipinski definition) is 2. The summed E-state index contributed by atoms with van der Waals surface area (Å²) >= 11 is 0. The Morgan fingerprint density at radius 3 is 2.19 bits per heavy atom. The molecule has 0 spiro atoms. The molecule has 1 heterocycles. The minimum absolute atomic E-state index is 0.180. The van der Waals surface area contributed by atoms with Gasteiger partial charge in [-0.2, -0.15) is 5.10 Å². The summed E-state index contributed by atoms with van der Waals surface area (Å²) in [6.07, 6.45) is 0.405. The first-order valence-electron chi connectivity index (χ1n) is 8.05. The largest absolute Gasteiger partial charge is 0.493 e. The van der Waals surface area contributed by atoms with Gasteiger partial charge in [-0.1, -0.05) is 12.1 Å². The van der Waals surface area contributed by atoms with E-state index in [9.17, 15) is 13.2 Å². The number of H-pyrrole nitrogens is 1. The van der Waals surface area contributed by atoms with Gasteiger partial charge >= 0.3 is 0 Å². The van der Waals surface area contributed by atoms with Crippen molar-refractivity contribution in [2.45, 2.75) is 11.3 Å². The Kier molecular flexibility index (Phi) is 5.15. The van der Waals surface area contributed by atoms with Crippen LogP contribution in [0.3, 0.4) is 0 Å². The molecule has 9 heteroatoms. The van der Waals surface area contributed by atoms with Crippen LogP contribution in [0.5, 0.6) is 11.5 Å². The van der Waals surface area contributed by atoms with Crippen LogP contribution in [0.1, 0.15) is 11.3 Å². The molecule has 0 unspecified atom stereocenters. The van der Waals surface area contributed by atoms with Gasteiger partial charge in [-0.3, -0.25) is 4.79 Å². The van der Waals surface area contributed by atoms with Crippen LogP contribution < -0.4 is 19.8 Å². The first-order chi connectivity index (χ1) is 12.9. The van der Waals surface area contributed by atoms with E-state index < -0.39 is 10.0 Å². The summed E-state index contributed by atoms with van der Waals surface area (Å²) < 4.78 is 36.5. The summed E-state index contributed by atoms with van der Waals surface area (Å²) in [6, 6.07) is 9.80. The Bertz CT molecular complexity index is 1140. The van der Waals surface area contributed by atoms with Crippen molar-refractivity contribution < 1.29 is 17.9 Å². The van der Waals surface area contributed by atoms with Gasteiger partial charge in [0.05, 0.1) is 30.2 Å². The highest BCUT2D eigenvalue weighted by Gasteiger charge is 2.14. The van der Waals surface area contributed by atoms with Crippen molar-refractivity contribution in [1.82, 2.24) is 14.9 Å². The Morgan fingerprint density at radius 1 is 1.04 bits per heavy atom. The van der Waals surface area contributed by atoms with Gasteiger partial charge in [0, 0.05) is 11.8 Å². The molecule has 2 N–H and O–H groups in total. The maximum Gasteiger partial charge on any atom is 0.272 e. The van der Waals surface area contributed by atoms with E-state index in [2.05, 4.69) is 14.9 Å². The molecule has 0 radical (unpaired) electrons. The molecule has 3 aromatic rings. The van der Waals surface area contributed by atoms with Crippen molar-refractivity contribution in [2.75, 3.05) is 21.3 Å². The molecule has 27 heavy (non-hydrogen) atoms. The number of fused-ring (bicyclic) bond motifs is 1. The van der Waals surface area contributed by atoms with Gasteiger partial charge in [-0.05, 0) is 36.9 Å². The molecule has 1 aromatic heterocycles. The highest BCUT2D eigenvalue weighted by Crippen LogP contribution is 2.32. The lowest BCUT2D eigenvalue weighted by atomic mass is 10.0. The summed E-state index contributed by atoms with van der Waals surface area (Å²) in [5.41, 5.74) is 1.15. The third kappa shape index (κ3) is 3.64. The Balaban J connectivity index is 2.05. The van der Waals surface area contributed by atoms with Crippen LogP contribution in [0, 0.1) is 0 Å². The molecule has 0 amide bonds. The van der Waals surface area contributed by atoms with Crippen molar-refractivity contribution in [3.8, 4) is 11.5 Å². The average Bonchev–Trinajstić information content (AvgIpc) is 2.69. The molecule has 3 rings (SSSR count). The van der Waals surface area contributed by atoms with E-state index in [-0.39, 0.29) is 10.5 Å². The van der Waals surface area contributed by atoms with E-state index in [1.807, 2.05) is 0 Å². The molecule has 0 fully saturated rings. The van der Waals surface area contributed by atoms with Gasteiger partial charge < -0.3 is 9.47 Å². The quantitative estimate of drug-likeness (QED) is 0.660. The van der Waals surface area contributed by atoms with Crippen molar-refractivity contribution in [3.05, 3.63) is 58.0 Å². The Morgan fingerprint density at radius 2 is 1.63 bits per heavy atom. The summed E-state index contributed by atoms with van der Waals surface area (Å²) in [5, 5.41) is 7.72. The second kappa shape index (κ2) is 7.37. The third-order valence-corrected chi connectivity index (χ3v) is 5.68. The number of nitrogens with one attached hydrogen (secondary N) is 2. The minimum Gasteiger partial charge on any atom is -0.493 e. The molecule has 142 valence electrons. The third-order valence-electron chi connectivity index (χ3n) is 4.25. The van der Waals surface area contributed by atoms with Gasteiger partial charge in [0.15, 0.2) is 11.5 Å². The molecule has 0 atom stereocenters. The molecular weight excluding hydrogens is 370 g/mol. The highest BCUT2D eigenvalue weighted by molar-refractivity contribution is 7.89. The molecular formula is C18H19N3O5S. The van der Waals surface area contributed by atoms with Gasteiger partial charge in [0.1, 0.15) is 0 Å². The van der Waals surface area contributed by atoms with Gasteiger partial charge in [0.25, 0.3) is 5.56 Å². The lowest BCUT2D eigenvalue weighted by Gasteiger charge is -2.11. The molecule has 0 aliphatic heterocycles. The summed E-state index contributed by atoms with van der Waals surface area (Å²) in [6.45, 7) is 0. The standard InChI is InChI=1S/C18H19N3O5S/c1-19-27(23,24)12-6-4-11(5-7-12)8-15-13-9-16(25-2)17(26-3)10-14(13)18(22)21-20-15/h4-7,9-10,19H,8H2,1-3H3,(H,21,22). The van der Waals surface area contributed by atoms with Gasteiger partial charge in [-0.15, -0.1) is 0 Å². The predicted octanol–water partition coefficient (Wildman–Crippen LogP) is 1.44.